The third kappa shape index (κ3) is 4.52. The fourth-order valence-electron chi connectivity index (χ4n) is 4.84. The molecule has 0 aliphatic carbocycles. The highest BCUT2D eigenvalue weighted by Crippen LogP contribution is 2.38. The number of amides is 1. The van der Waals surface area contributed by atoms with Gasteiger partial charge in [0.1, 0.15) is 5.69 Å². The number of alkyl halides is 2. The van der Waals surface area contributed by atoms with Crippen LogP contribution in [0, 0.1) is 24.2 Å². The number of hydrogen-bond acceptors (Lipinski definition) is 6. The van der Waals surface area contributed by atoms with E-state index in [4.69, 9.17) is 4.74 Å². The Balaban J connectivity index is 1.44. The smallest absolute Gasteiger partial charge is 0.286 e. The summed E-state index contributed by atoms with van der Waals surface area (Å²) in [5, 5.41) is 12.4. The Bertz CT molecular complexity index is 1370. The predicted octanol–water partition coefficient (Wildman–Crippen LogP) is 4.72. The van der Waals surface area contributed by atoms with Gasteiger partial charge in [-0.2, -0.15) is 14.0 Å². The second-order valence-corrected chi connectivity index (χ2v) is 9.25. The highest BCUT2D eigenvalue weighted by molar-refractivity contribution is 6.04. The zero-order chi connectivity index (χ0) is 25.4. The minimum Gasteiger partial charge on any atom is -0.377 e. The van der Waals surface area contributed by atoms with Crippen molar-refractivity contribution in [3.05, 3.63) is 71.3 Å². The van der Waals surface area contributed by atoms with Gasteiger partial charge < -0.3 is 15.0 Å². The minimum atomic E-state index is -3.14. The summed E-state index contributed by atoms with van der Waals surface area (Å²) >= 11 is 0. The molecule has 184 valence electrons. The van der Waals surface area contributed by atoms with Crippen LogP contribution < -0.4 is 10.2 Å². The number of carbonyl (C=O) groups excluding carboxylic acids is 1. The number of anilines is 2. The number of rotatable bonds is 4. The molecule has 9 heteroatoms. The molecule has 0 saturated carbocycles. The number of fused-ring (bicyclic) bond motifs is 3. The van der Waals surface area contributed by atoms with Crippen LogP contribution in [0.4, 0.5) is 20.2 Å². The van der Waals surface area contributed by atoms with Gasteiger partial charge in [0.05, 0.1) is 43.1 Å². The van der Waals surface area contributed by atoms with Crippen LogP contribution in [0.3, 0.4) is 0 Å². The summed E-state index contributed by atoms with van der Waals surface area (Å²) in [6, 6.07) is 12.9. The average molecular weight is 490 g/mol. The fraction of sp³-hybridized carbons (Fsp3) is 0.333. The molecule has 1 N–H and O–H groups in total. The quantitative estimate of drug-likeness (QED) is 0.571. The summed E-state index contributed by atoms with van der Waals surface area (Å²) in [5.74, 6) is -3.79. The number of benzene rings is 1. The maximum Gasteiger partial charge on any atom is 0.286 e. The monoisotopic (exact) mass is 489 g/mol. The van der Waals surface area contributed by atoms with Crippen LogP contribution in [-0.2, 0) is 17.1 Å². The molecule has 0 radical (unpaired) electrons. The van der Waals surface area contributed by atoms with Crippen LogP contribution in [0.2, 0.25) is 0 Å². The summed E-state index contributed by atoms with van der Waals surface area (Å²) < 4.78 is 32.9. The Hall–Kier alpha value is -3.90. The number of halogens is 2. The van der Waals surface area contributed by atoms with E-state index in [9.17, 15) is 18.8 Å². The third-order valence-electron chi connectivity index (χ3n) is 6.76. The van der Waals surface area contributed by atoms with E-state index in [-0.39, 0.29) is 17.5 Å². The molecule has 7 nitrogen and oxygen atoms in total. The second kappa shape index (κ2) is 9.28. The molecular formula is C27H25F2N5O2. The minimum absolute atomic E-state index is 0.0251. The molecule has 0 spiro atoms. The van der Waals surface area contributed by atoms with Gasteiger partial charge in [0.25, 0.3) is 11.8 Å². The summed E-state index contributed by atoms with van der Waals surface area (Å²) in [6.45, 7) is 4.50. The van der Waals surface area contributed by atoms with E-state index < -0.39 is 17.5 Å². The number of aryl methyl sites for hydroxylation is 1. The van der Waals surface area contributed by atoms with Crippen LogP contribution in [0.25, 0.3) is 11.1 Å². The zero-order valence-corrected chi connectivity index (χ0v) is 20.0. The molecule has 1 aromatic carbocycles. The van der Waals surface area contributed by atoms with Crippen LogP contribution >= 0.6 is 0 Å². The van der Waals surface area contributed by atoms with Crippen LogP contribution in [0.15, 0.2) is 48.8 Å². The van der Waals surface area contributed by atoms with Crippen molar-refractivity contribution in [1.29, 1.82) is 5.26 Å². The second-order valence-electron chi connectivity index (χ2n) is 9.25. The van der Waals surface area contributed by atoms with Crippen molar-refractivity contribution in [2.45, 2.75) is 32.2 Å². The Morgan fingerprint density at radius 2 is 2.08 bits per heavy atom. The van der Waals surface area contributed by atoms with Gasteiger partial charge >= 0.3 is 0 Å². The van der Waals surface area contributed by atoms with Crippen molar-refractivity contribution in [3.8, 4) is 17.2 Å². The van der Waals surface area contributed by atoms with Gasteiger partial charge in [0, 0.05) is 42.2 Å². The Labute approximate surface area is 207 Å². The predicted molar refractivity (Wildman–Crippen MR) is 131 cm³/mol. The highest BCUT2D eigenvalue weighted by Gasteiger charge is 2.36. The Morgan fingerprint density at radius 3 is 2.86 bits per heavy atom. The van der Waals surface area contributed by atoms with E-state index in [1.807, 2.05) is 19.1 Å². The lowest BCUT2D eigenvalue weighted by Crippen LogP contribution is -2.52. The summed E-state index contributed by atoms with van der Waals surface area (Å²) in [5.41, 5.74) is 4.86. The molecule has 2 atom stereocenters. The van der Waals surface area contributed by atoms with Crippen LogP contribution in [-0.4, -0.2) is 41.7 Å². The van der Waals surface area contributed by atoms with Gasteiger partial charge in [-0.25, -0.2) is 0 Å². The normalized spacial score (nSPS) is 19.1. The molecule has 0 bridgehead atoms. The van der Waals surface area contributed by atoms with E-state index >= 15 is 0 Å². The van der Waals surface area contributed by atoms with E-state index in [0.29, 0.717) is 25.3 Å². The van der Waals surface area contributed by atoms with E-state index in [0.717, 1.165) is 47.6 Å². The lowest BCUT2D eigenvalue weighted by Gasteiger charge is -2.44. The molecule has 5 rings (SSSR count). The number of pyridine rings is 2. The molecule has 1 amide bonds. The van der Waals surface area contributed by atoms with E-state index in [1.165, 1.54) is 12.3 Å². The third-order valence-corrected chi connectivity index (χ3v) is 6.76. The first-order valence-electron chi connectivity index (χ1n) is 11.7. The van der Waals surface area contributed by atoms with Crippen molar-refractivity contribution >= 4 is 17.3 Å². The molecule has 2 aliphatic rings. The van der Waals surface area contributed by atoms with E-state index in [1.54, 1.807) is 6.20 Å². The van der Waals surface area contributed by atoms with E-state index in [2.05, 4.69) is 38.4 Å². The molecule has 4 heterocycles. The molecule has 0 unspecified atom stereocenters. The average Bonchev–Trinajstić information content (AvgIpc) is 2.88. The first-order chi connectivity index (χ1) is 17.2. The van der Waals surface area contributed by atoms with Crippen molar-refractivity contribution in [2.24, 2.45) is 5.92 Å². The molecule has 2 aliphatic heterocycles. The number of nitrogens with one attached hydrogen (secondary N) is 1. The molecule has 36 heavy (non-hydrogen) atoms. The Kier molecular flexibility index (Phi) is 6.14. The molecule has 1 fully saturated rings. The number of carbonyl (C=O) groups is 1. The van der Waals surface area contributed by atoms with Gasteiger partial charge in [0.2, 0.25) is 0 Å². The number of ether oxygens (including phenoxy) is 1. The van der Waals surface area contributed by atoms with Crippen molar-refractivity contribution in [3.63, 3.8) is 0 Å². The van der Waals surface area contributed by atoms with Crippen LogP contribution in [0.1, 0.15) is 34.2 Å². The highest BCUT2D eigenvalue weighted by atomic mass is 19.3. The van der Waals surface area contributed by atoms with Gasteiger partial charge in [-0.05, 0) is 48.7 Å². The zero-order valence-electron chi connectivity index (χ0n) is 20.0. The topological polar surface area (TPSA) is 91.1 Å². The fourth-order valence-corrected chi connectivity index (χ4v) is 4.84. The molecule has 1 saturated heterocycles. The summed E-state index contributed by atoms with van der Waals surface area (Å²) in [4.78, 5) is 23.2. The van der Waals surface area contributed by atoms with Crippen molar-refractivity contribution in [2.75, 3.05) is 30.0 Å². The van der Waals surface area contributed by atoms with Crippen LogP contribution in [0.5, 0.6) is 0 Å². The number of aromatic nitrogens is 2. The first kappa shape index (κ1) is 23.8. The van der Waals surface area contributed by atoms with Gasteiger partial charge in [-0.3, -0.25) is 14.8 Å². The maximum atomic E-state index is 13.6. The number of nitriles is 1. The lowest BCUT2D eigenvalue weighted by molar-refractivity contribution is 0.0127. The number of hydrogen-bond donors (Lipinski definition) is 1. The van der Waals surface area contributed by atoms with Crippen molar-refractivity contribution in [1.82, 2.24) is 9.97 Å². The lowest BCUT2D eigenvalue weighted by atomic mass is 9.85. The SMILES string of the molecule is Cc1ncc(NC(=O)c2ccnc(C(C)(F)F)c2)cc1-c1ccc2c(c1)N1CCOC[C@H]1[C@H](C#N)C2. The van der Waals surface area contributed by atoms with Gasteiger partial charge in [0.15, 0.2) is 0 Å². The largest absolute Gasteiger partial charge is 0.377 e. The molecule has 2 aromatic heterocycles. The van der Waals surface area contributed by atoms with Gasteiger partial charge in [-0.15, -0.1) is 0 Å². The van der Waals surface area contributed by atoms with Crippen molar-refractivity contribution < 1.29 is 18.3 Å². The van der Waals surface area contributed by atoms with Gasteiger partial charge in [-0.1, -0.05) is 12.1 Å². The maximum absolute atomic E-state index is 13.6. The molecule has 3 aromatic rings. The number of morpholine rings is 1. The first-order valence-corrected chi connectivity index (χ1v) is 11.7. The summed E-state index contributed by atoms with van der Waals surface area (Å²) in [7, 11) is 0. The Morgan fingerprint density at radius 1 is 1.25 bits per heavy atom. The molecular weight excluding hydrogens is 464 g/mol. The number of nitrogens with zero attached hydrogens (tertiary/aromatic N) is 4. The summed E-state index contributed by atoms with van der Waals surface area (Å²) in [6.07, 6.45) is 3.42. The standard InChI is InChI=1S/C27H25F2N5O2/c1-16-22(12-21(14-32-16)33-26(35)19-5-6-31-25(11-19)27(2,28)29)17-3-4-18-9-20(13-30)24-15-36-8-7-34(24)23(18)10-17/h3-6,10-12,14,20,24H,7-9,15H2,1-2H3,(H,33,35)/t20-,24-/m0/s1.